The van der Waals surface area contributed by atoms with Gasteiger partial charge in [0.25, 0.3) is 5.91 Å². The molecule has 1 N–H and O–H groups in total. The van der Waals surface area contributed by atoms with E-state index in [2.05, 4.69) is 20.4 Å². The number of hydrogen-bond acceptors (Lipinski definition) is 5. The number of aromatic nitrogens is 4. The van der Waals surface area contributed by atoms with Gasteiger partial charge in [0.05, 0.1) is 5.92 Å². The maximum Gasteiger partial charge on any atom is 0.253 e. The number of amides is 1. The molecular weight excluding hydrogens is 349 g/mol. The summed E-state index contributed by atoms with van der Waals surface area (Å²) >= 11 is 0. The Balaban J connectivity index is 1.39. The first kappa shape index (κ1) is 15.9. The van der Waals surface area contributed by atoms with Crippen molar-refractivity contribution in [3.05, 3.63) is 53.7 Å². The van der Waals surface area contributed by atoms with E-state index in [1.54, 1.807) is 24.3 Å². The second kappa shape index (κ2) is 6.15. The predicted octanol–water partition coefficient (Wildman–Crippen LogP) is 3.26. The Hall–Kier alpha value is -3.29. The lowest BCUT2D eigenvalue weighted by molar-refractivity contribution is 0.0699. The third-order valence-corrected chi connectivity index (χ3v) is 4.99. The van der Waals surface area contributed by atoms with Crippen molar-refractivity contribution in [2.24, 2.45) is 0 Å². The number of carbonyl (C=O) groups excluding carboxylic acids is 1. The highest BCUT2D eigenvalue weighted by Gasteiger charge is 2.29. The molecule has 5 rings (SSSR count). The summed E-state index contributed by atoms with van der Waals surface area (Å²) in [6.07, 6.45) is 1.73. The minimum Gasteiger partial charge on any atom is -0.440 e. The number of piperidine rings is 1. The number of halogens is 1. The van der Waals surface area contributed by atoms with Gasteiger partial charge in [-0.2, -0.15) is 15.4 Å². The van der Waals surface area contributed by atoms with Gasteiger partial charge in [-0.05, 0) is 43.2 Å². The molecule has 0 bridgehead atoms. The van der Waals surface area contributed by atoms with Gasteiger partial charge in [0, 0.05) is 24.7 Å². The van der Waals surface area contributed by atoms with Gasteiger partial charge in [-0.1, -0.05) is 0 Å². The van der Waals surface area contributed by atoms with E-state index < -0.39 is 0 Å². The molecule has 1 aliphatic rings. The molecule has 0 radical (unpaired) electrons. The Bertz CT molecular complexity index is 1150. The Kier molecular flexibility index (Phi) is 3.63. The van der Waals surface area contributed by atoms with Crippen molar-refractivity contribution in [3.8, 4) is 0 Å². The van der Waals surface area contributed by atoms with E-state index in [4.69, 9.17) is 4.42 Å². The highest BCUT2D eigenvalue weighted by atomic mass is 19.1. The molecule has 2 aromatic heterocycles. The minimum atomic E-state index is -0.353. The monoisotopic (exact) mass is 365 g/mol. The van der Waals surface area contributed by atoms with Crippen molar-refractivity contribution in [2.45, 2.75) is 18.8 Å². The summed E-state index contributed by atoms with van der Waals surface area (Å²) < 4.78 is 19.1. The van der Waals surface area contributed by atoms with Crippen molar-refractivity contribution >= 4 is 28.0 Å². The topological polar surface area (TPSA) is 87.9 Å². The number of hydrogen-bond donors (Lipinski definition) is 1. The average Bonchev–Trinajstić information content (AvgIpc) is 3.33. The summed E-state index contributed by atoms with van der Waals surface area (Å²) in [6, 6.07) is 9.60. The molecule has 3 heterocycles. The van der Waals surface area contributed by atoms with Crippen LogP contribution in [-0.4, -0.2) is 44.3 Å². The highest BCUT2D eigenvalue weighted by Crippen LogP contribution is 2.30. The molecule has 27 heavy (non-hydrogen) atoms. The molecule has 1 aliphatic heterocycles. The van der Waals surface area contributed by atoms with Gasteiger partial charge in [-0.15, -0.1) is 0 Å². The molecule has 8 heteroatoms. The molecule has 0 spiro atoms. The first-order valence-corrected chi connectivity index (χ1v) is 8.83. The summed E-state index contributed by atoms with van der Waals surface area (Å²) in [6.45, 7) is 1.20. The fourth-order valence-electron chi connectivity index (χ4n) is 3.61. The molecule has 0 saturated carbocycles. The van der Waals surface area contributed by atoms with Crippen molar-refractivity contribution in [2.75, 3.05) is 13.1 Å². The molecule has 1 unspecified atom stereocenters. The van der Waals surface area contributed by atoms with E-state index in [-0.39, 0.29) is 17.6 Å². The molecule has 1 saturated heterocycles. The van der Waals surface area contributed by atoms with E-state index in [0.29, 0.717) is 41.2 Å². The summed E-state index contributed by atoms with van der Waals surface area (Å²) in [7, 11) is 0. The number of nitrogens with zero attached hydrogens (tertiary/aromatic N) is 4. The first-order valence-electron chi connectivity index (χ1n) is 8.83. The summed E-state index contributed by atoms with van der Waals surface area (Å²) in [5.74, 6) is 0.148. The van der Waals surface area contributed by atoms with E-state index in [1.165, 1.54) is 12.1 Å². The fourth-order valence-corrected chi connectivity index (χ4v) is 3.61. The number of likely N-dealkylation sites (tertiary alicyclic amines) is 1. The Labute approximate surface area is 153 Å². The van der Waals surface area contributed by atoms with E-state index in [1.807, 2.05) is 4.90 Å². The van der Waals surface area contributed by atoms with Gasteiger partial charge in [-0.3, -0.25) is 4.79 Å². The van der Waals surface area contributed by atoms with Gasteiger partial charge in [0.2, 0.25) is 0 Å². The van der Waals surface area contributed by atoms with Crippen LogP contribution in [0.1, 0.15) is 35.0 Å². The molecule has 7 nitrogen and oxygen atoms in total. The predicted molar refractivity (Wildman–Crippen MR) is 95.7 cm³/mol. The molecule has 1 atom stereocenters. The minimum absolute atomic E-state index is 0.00561. The van der Waals surface area contributed by atoms with E-state index in [9.17, 15) is 9.18 Å². The van der Waals surface area contributed by atoms with Crippen LogP contribution in [0.25, 0.3) is 22.1 Å². The number of oxazole rings is 1. The molecule has 2 aromatic carbocycles. The second-order valence-electron chi connectivity index (χ2n) is 6.78. The Morgan fingerprint density at radius 3 is 2.93 bits per heavy atom. The average molecular weight is 365 g/mol. The van der Waals surface area contributed by atoms with Crippen molar-refractivity contribution in [3.63, 3.8) is 0 Å². The van der Waals surface area contributed by atoms with Gasteiger partial charge in [0.15, 0.2) is 11.5 Å². The molecule has 1 amide bonds. The lowest BCUT2D eigenvalue weighted by Crippen LogP contribution is -2.39. The van der Waals surface area contributed by atoms with Crippen LogP contribution in [0, 0.1) is 5.82 Å². The molecule has 4 aromatic rings. The fraction of sp³-hybridized carbons (Fsp3) is 0.263. The Morgan fingerprint density at radius 2 is 2.00 bits per heavy atom. The van der Waals surface area contributed by atoms with Gasteiger partial charge < -0.3 is 9.32 Å². The Morgan fingerprint density at radius 1 is 1.15 bits per heavy atom. The zero-order valence-electron chi connectivity index (χ0n) is 14.4. The number of benzene rings is 2. The summed E-state index contributed by atoms with van der Waals surface area (Å²) in [5.41, 5.74) is 3.03. The maximum absolute atomic E-state index is 13.4. The lowest BCUT2D eigenvalue weighted by Gasteiger charge is -2.31. The number of carbonyl (C=O) groups is 1. The van der Waals surface area contributed by atoms with E-state index in [0.717, 1.165) is 18.4 Å². The smallest absolute Gasteiger partial charge is 0.253 e. The van der Waals surface area contributed by atoms with E-state index >= 15 is 0 Å². The summed E-state index contributed by atoms with van der Waals surface area (Å²) in [5, 5.41) is 10.6. The van der Waals surface area contributed by atoms with Gasteiger partial charge in [0.1, 0.15) is 22.4 Å². The zero-order valence-corrected chi connectivity index (χ0v) is 14.4. The van der Waals surface area contributed by atoms with Crippen LogP contribution >= 0.6 is 0 Å². The van der Waals surface area contributed by atoms with Crippen LogP contribution in [0.2, 0.25) is 0 Å². The maximum atomic E-state index is 13.4. The number of fused-ring (bicyclic) bond motifs is 2. The van der Waals surface area contributed by atoms with Crippen molar-refractivity contribution in [1.29, 1.82) is 0 Å². The quantitative estimate of drug-likeness (QED) is 0.589. The first-order chi connectivity index (χ1) is 13.2. The normalized spacial score (nSPS) is 17.7. The largest absolute Gasteiger partial charge is 0.440 e. The van der Waals surface area contributed by atoms with Crippen LogP contribution < -0.4 is 0 Å². The van der Waals surface area contributed by atoms with Gasteiger partial charge >= 0.3 is 0 Å². The third kappa shape index (κ3) is 2.83. The highest BCUT2D eigenvalue weighted by molar-refractivity contribution is 5.97. The van der Waals surface area contributed by atoms with Crippen LogP contribution in [0.3, 0.4) is 0 Å². The number of rotatable bonds is 2. The van der Waals surface area contributed by atoms with Crippen LogP contribution in [0.5, 0.6) is 0 Å². The van der Waals surface area contributed by atoms with Gasteiger partial charge in [-0.25, -0.2) is 9.37 Å². The number of aromatic amines is 1. The number of nitrogens with one attached hydrogen (secondary N) is 1. The van der Waals surface area contributed by atoms with Crippen molar-refractivity contribution in [1.82, 2.24) is 25.3 Å². The molecular formula is C19H16FN5O2. The SMILES string of the molecule is O=C(c1ccc2n[nH]nc2c1)N1CCCC(c2nc3ccc(F)cc3o2)C1. The summed E-state index contributed by atoms with van der Waals surface area (Å²) in [4.78, 5) is 19.2. The van der Waals surface area contributed by atoms with Crippen LogP contribution in [0.4, 0.5) is 4.39 Å². The van der Waals surface area contributed by atoms with Crippen LogP contribution in [-0.2, 0) is 0 Å². The zero-order chi connectivity index (χ0) is 18.4. The van der Waals surface area contributed by atoms with Crippen molar-refractivity contribution < 1.29 is 13.6 Å². The molecule has 0 aliphatic carbocycles. The lowest BCUT2D eigenvalue weighted by atomic mass is 9.97. The number of H-pyrrole nitrogens is 1. The molecule has 136 valence electrons. The third-order valence-electron chi connectivity index (χ3n) is 4.99. The second-order valence-corrected chi connectivity index (χ2v) is 6.78. The molecule has 1 fully saturated rings. The standard InChI is InChI=1S/C19H16FN5O2/c20-13-4-6-15-17(9-13)27-18(21-15)12-2-1-7-25(10-12)19(26)11-3-5-14-16(8-11)23-24-22-14/h3-6,8-9,12H,1-2,7,10H2,(H,22,23,24). The van der Waals surface area contributed by atoms with Crippen LogP contribution in [0.15, 0.2) is 40.8 Å².